The van der Waals surface area contributed by atoms with Crippen LogP contribution in [0.25, 0.3) is 0 Å². The summed E-state index contributed by atoms with van der Waals surface area (Å²) in [6, 6.07) is 0. The van der Waals surface area contributed by atoms with Crippen molar-refractivity contribution < 1.29 is 9.53 Å². The number of hydrogen-bond donors (Lipinski definition) is 1. The molecule has 5 nitrogen and oxygen atoms in total. The van der Waals surface area contributed by atoms with Gasteiger partial charge in [-0.1, -0.05) is 13.8 Å². The maximum atomic E-state index is 11.2. The van der Waals surface area contributed by atoms with E-state index in [1.165, 1.54) is 13.3 Å². The zero-order valence-electron chi connectivity index (χ0n) is 10.9. The molecule has 0 aromatic heterocycles. The number of nitrogens with two attached hydrogens (primary N) is 1. The maximum absolute atomic E-state index is 11.2. The van der Waals surface area contributed by atoms with Crippen LogP contribution in [-0.2, 0) is 9.53 Å². The van der Waals surface area contributed by atoms with Gasteiger partial charge in [0.15, 0.2) is 5.72 Å². The van der Waals surface area contributed by atoms with Gasteiger partial charge in [-0.3, -0.25) is 9.80 Å². The van der Waals surface area contributed by atoms with Crippen LogP contribution in [0.5, 0.6) is 0 Å². The molecule has 0 radical (unpaired) electrons. The van der Waals surface area contributed by atoms with Gasteiger partial charge in [-0.15, -0.1) is 0 Å². The Morgan fingerprint density at radius 1 is 1.62 bits per heavy atom. The molecule has 0 aliphatic carbocycles. The van der Waals surface area contributed by atoms with E-state index in [1.54, 1.807) is 5.01 Å². The Hall–Kier alpha value is -1.26. The largest absolute Gasteiger partial charge is 0.438 e. The summed E-state index contributed by atoms with van der Waals surface area (Å²) in [6.45, 7) is 9.91. The quantitative estimate of drug-likeness (QED) is 0.246. The molecule has 0 heterocycles. The van der Waals surface area contributed by atoms with E-state index >= 15 is 0 Å². The van der Waals surface area contributed by atoms with Gasteiger partial charge in [0.2, 0.25) is 0 Å². The number of esters is 1. The third-order valence-corrected chi connectivity index (χ3v) is 2.90. The third kappa shape index (κ3) is 3.40. The van der Waals surface area contributed by atoms with E-state index in [0.717, 1.165) is 6.42 Å². The highest BCUT2D eigenvalue weighted by Crippen LogP contribution is 2.29. The van der Waals surface area contributed by atoms with E-state index in [2.05, 4.69) is 5.10 Å². The molecule has 0 spiro atoms. The van der Waals surface area contributed by atoms with Gasteiger partial charge in [-0.25, -0.2) is 0 Å². The normalized spacial score (nSPS) is 16.8. The van der Waals surface area contributed by atoms with E-state index in [0.29, 0.717) is 6.54 Å². The fourth-order valence-electron chi connectivity index (χ4n) is 1.67. The molecule has 0 bridgehead atoms. The monoisotopic (exact) mass is 229 g/mol. The minimum atomic E-state index is -0.745. The molecule has 0 rings (SSSR count). The van der Waals surface area contributed by atoms with Crippen molar-refractivity contribution in [2.75, 3.05) is 6.54 Å². The molecule has 0 aliphatic rings. The van der Waals surface area contributed by atoms with Gasteiger partial charge in [0, 0.05) is 19.4 Å². The molecule has 0 aromatic rings. The van der Waals surface area contributed by atoms with Crippen molar-refractivity contribution in [3.63, 3.8) is 0 Å². The lowest BCUT2D eigenvalue weighted by Crippen LogP contribution is -2.51. The minimum Gasteiger partial charge on any atom is -0.438 e. The molecule has 0 aliphatic heterocycles. The highest BCUT2D eigenvalue weighted by molar-refractivity contribution is 5.66. The van der Waals surface area contributed by atoms with Crippen molar-refractivity contribution in [3.05, 3.63) is 0 Å². The van der Waals surface area contributed by atoms with Crippen LogP contribution in [0.3, 0.4) is 0 Å². The second-order valence-electron chi connectivity index (χ2n) is 3.94. The van der Waals surface area contributed by atoms with Gasteiger partial charge < -0.3 is 10.5 Å². The van der Waals surface area contributed by atoms with Crippen LogP contribution >= 0.6 is 0 Å². The standard InChI is InChI=1S/C11H23N3O2/c1-6-9(3)11(5,16-10(4)15)14(7-2)13-8-12/h8-9H,6-7H2,1-5H3,(H2,12,13)/t9-,11?/m1/s1. The van der Waals surface area contributed by atoms with E-state index in [1.807, 2.05) is 27.7 Å². The molecule has 94 valence electrons. The zero-order chi connectivity index (χ0) is 12.8. The Labute approximate surface area is 97.6 Å². The average molecular weight is 229 g/mol. The van der Waals surface area contributed by atoms with Crippen LogP contribution in [-0.4, -0.2) is 29.6 Å². The first-order valence-electron chi connectivity index (χ1n) is 5.63. The van der Waals surface area contributed by atoms with Gasteiger partial charge in [-0.05, 0) is 20.3 Å². The molecule has 5 heteroatoms. The van der Waals surface area contributed by atoms with Crippen molar-refractivity contribution >= 4 is 12.3 Å². The summed E-state index contributed by atoms with van der Waals surface area (Å²) in [6.07, 6.45) is 2.11. The molecular weight excluding hydrogens is 206 g/mol. The summed E-state index contributed by atoms with van der Waals surface area (Å²) >= 11 is 0. The Bertz CT molecular complexity index is 256. The van der Waals surface area contributed by atoms with Gasteiger partial charge in [0.25, 0.3) is 0 Å². The van der Waals surface area contributed by atoms with Crippen molar-refractivity contribution in [2.24, 2.45) is 16.8 Å². The number of nitrogens with zero attached hydrogens (tertiary/aromatic N) is 2. The van der Waals surface area contributed by atoms with E-state index in [9.17, 15) is 4.79 Å². The number of hydrazone groups is 1. The van der Waals surface area contributed by atoms with Crippen molar-refractivity contribution in [1.29, 1.82) is 0 Å². The second-order valence-corrected chi connectivity index (χ2v) is 3.94. The summed E-state index contributed by atoms with van der Waals surface area (Å²) in [5, 5.41) is 5.74. The van der Waals surface area contributed by atoms with Crippen LogP contribution in [0.2, 0.25) is 0 Å². The molecule has 16 heavy (non-hydrogen) atoms. The van der Waals surface area contributed by atoms with Crippen LogP contribution in [0, 0.1) is 5.92 Å². The van der Waals surface area contributed by atoms with Crippen molar-refractivity contribution in [2.45, 2.75) is 46.8 Å². The van der Waals surface area contributed by atoms with Crippen LogP contribution in [0.15, 0.2) is 5.10 Å². The maximum Gasteiger partial charge on any atom is 0.304 e. The minimum absolute atomic E-state index is 0.167. The molecule has 0 saturated heterocycles. The van der Waals surface area contributed by atoms with Gasteiger partial charge in [0.05, 0.1) is 0 Å². The Kier molecular flexibility index (Phi) is 5.85. The molecule has 2 atom stereocenters. The first-order chi connectivity index (χ1) is 7.42. The average Bonchev–Trinajstić information content (AvgIpc) is 2.23. The zero-order valence-corrected chi connectivity index (χ0v) is 10.9. The Balaban J connectivity index is 5.09. The second kappa shape index (κ2) is 6.35. The fraction of sp³-hybridized carbons (Fsp3) is 0.818. The Morgan fingerprint density at radius 3 is 2.50 bits per heavy atom. The fourth-order valence-corrected chi connectivity index (χ4v) is 1.67. The lowest BCUT2D eigenvalue weighted by atomic mass is 9.95. The lowest BCUT2D eigenvalue weighted by Gasteiger charge is -2.41. The molecule has 1 unspecified atom stereocenters. The predicted molar refractivity (Wildman–Crippen MR) is 64.7 cm³/mol. The van der Waals surface area contributed by atoms with Crippen molar-refractivity contribution in [3.8, 4) is 0 Å². The van der Waals surface area contributed by atoms with Gasteiger partial charge >= 0.3 is 5.97 Å². The van der Waals surface area contributed by atoms with Crippen LogP contribution in [0.1, 0.15) is 41.0 Å². The molecule has 0 saturated carbocycles. The number of carbonyl (C=O) groups is 1. The van der Waals surface area contributed by atoms with Crippen molar-refractivity contribution in [1.82, 2.24) is 5.01 Å². The van der Waals surface area contributed by atoms with E-state index in [-0.39, 0.29) is 11.9 Å². The highest BCUT2D eigenvalue weighted by atomic mass is 16.6. The summed E-state index contributed by atoms with van der Waals surface area (Å²) < 4.78 is 5.41. The summed E-state index contributed by atoms with van der Waals surface area (Å²) in [5.41, 5.74) is 4.56. The molecule has 0 fully saturated rings. The van der Waals surface area contributed by atoms with E-state index in [4.69, 9.17) is 10.5 Å². The molecule has 0 amide bonds. The number of carbonyl (C=O) groups excluding carboxylic acids is 1. The smallest absolute Gasteiger partial charge is 0.304 e. The third-order valence-electron chi connectivity index (χ3n) is 2.90. The predicted octanol–water partition coefficient (Wildman–Crippen LogP) is 1.54. The lowest BCUT2D eigenvalue weighted by molar-refractivity contribution is -0.192. The van der Waals surface area contributed by atoms with Crippen LogP contribution < -0.4 is 5.73 Å². The summed E-state index contributed by atoms with van der Waals surface area (Å²) in [7, 11) is 0. The summed E-state index contributed by atoms with van der Waals surface area (Å²) in [4.78, 5) is 11.2. The van der Waals surface area contributed by atoms with Gasteiger partial charge in [-0.2, -0.15) is 5.10 Å². The highest BCUT2D eigenvalue weighted by Gasteiger charge is 2.38. The van der Waals surface area contributed by atoms with Gasteiger partial charge in [0.1, 0.15) is 6.34 Å². The molecule has 2 N–H and O–H groups in total. The first kappa shape index (κ1) is 14.7. The number of hydrogen-bond acceptors (Lipinski definition) is 4. The number of ether oxygens (including phenoxy) is 1. The van der Waals surface area contributed by atoms with Crippen LogP contribution in [0.4, 0.5) is 0 Å². The molecular formula is C11H23N3O2. The Morgan fingerprint density at radius 2 is 2.19 bits per heavy atom. The molecule has 0 aromatic carbocycles. The first-order valence-corrected chi connectivity index (χ1v) is 5.63. The van der Waals surface area contributed by atoms with E-state index < -0.39 is 5.72 Å². The number of rotatable bonds is 6. The summed E-state index contributed by atoms with van der Waals surface area (Å²) in [5.74, 6) is -0.145. The topological polar surface area (TPSA) is 67.9 Å². The SMILES string of the molecule is CC[C@@H](C)C(C)(OC(C)=O)N(CC)/N=C\N.